The summed E-state index contributed by atoms with van der Waals surface area (Å²) in [7, 11) is 1.40. The van der Waals surface area contributed by atoms with Crippen LogP contribution >= 0.6 is 0 Å². The molecular weight excluding hydrogens is 274 g/mol. The number of anilines is 2. The van der Waals surface area contributed by atoms with Gasteiger partial charge in [0.25, 0.3) is 11.6 Å². The summed E-state index contributed by atoms with van der Waals surface area (Å²) in [6.45, 7) is 0. The van der Waals surface area contributed by atoms with Crippen LogP contribution in [0.15, 0.2) is 42.5 Å². The van der Waals surface area contributed by atoms with Crippen molar-refractivity contribution in [2.75, 3.05) is 18.2 Å². The number of benzene rings is 2. The molecule has 0 radical (unpaired) electrons. The van der Waals surface area contributed by atoms with Crippen LogP contribution in [0.1, 0.15) is 10.4 Å². The Kier molecular flexibility index (Phi) is 4.03. The van der Waals surface area contributed by atoms with E-state index < -0.39 is 10.8 Å². The Balaban J connectivity index is 2.33. The minimum atomic E-state index is -0.591. The van der Waals surface area contributed by atoms with Crippen molar-refractivity contribution >= 4 is 23.0 Å². The molecule has 0 aliphatic carbocycles. The highest BCUT2D eigenvalue weighted by Crippen LogP contribution is 2.29. The minimum absolute atomic E-state index is 0.0778. The van der Waals surface area contributed by atoms with Gasteiger partial charge in [-0.15, -0.1) is 0 Å². The molecular formula is C14H13N3O4. The van der Waals surface area contributed by atoms with Gasteiger partial charge in [-0.3, -0.25) is 14.9 Å². The van der Waals surface area contributed by atoms with E-state index in [0.29, 0.717) is 11.4 Å². The van der Waals surface area contributed by atoms with Gasteiger partial charge in [0.05, 0.1) is 23.7 Å². The molecule has 2 aromatic carbocycles. The fraction of sp³-hybridized carbons (Fsp3) is 0.0714. The smallest absolute Gasteiger partial charge is 0.296 e. The number of hydrogen-bond donors (Lipinski definition) is 2. The number of rotatable bonds is 4. The van der Waals surface area contributed by atoms with E-state index in [1.807, 2.05) is 0 Å². The van der Waals surface area contributed by atoms with Gasteiger partial charge >= 0.3 is 0 Å². The normalized spacial score (nSPS) is 9.95. The third-order valence-electron chi connectivity index (χ3n) is 2.86. The molecule has 21 heavy (non-hydrogen) atoms. The number of carbonyl (C=O) groups excluding carboxylic acids is 1. The van der Waals surface area contributed by atoms with E-state index in [1.54, 1.807) is 24.3 Å². The van der Waals surface area contributed by atoms with Crippen LogP contribution in [-0.4, -0.2) is 17.9 Å². The molecule has 0 bridgehead atoms. The van der Waals surface area contributed by atoms with E-state index in [0.717, 1.165) is 0 Å². The molecule has 1 amide bonds. The number of nitro groups is 1. The Labute approximate surface area is 120 Å². The highest BCUT2D eigenvalue weighted by atomic mass is 16.6. The van der Waals surface area contributed by atoms with E-state index in [4.69, 9.17) is 10.5 Å². The van der Waals surface area contributed by atoms with E-state index in [1.165, 1.54) is 25.3 Å². The number of ether oxygens (including phenoxy) is 1. The Bertz CT molecular complexity index is 700. The van der Waals surface area contributed by atoms with Crippen molar-refractivity contribution in [3.8, 4) is 5.75 Å². The third-order valence-corrected chi connectivity index (χ3v) is 2.86. The van der Waals surface area contributed by atoms with Crippen LogP contribution in [-0.2, 0) is 0 Å². The van der Waals surface area contributed by atoms with Crippen LogP contribution in [0, 0.1) is 10.1 Å². The zero-order valence-electron chi connectivity index (χ0n) is 11.2. The van der Waals surface area contributed by atoms with Crippen molar-refractivity contribution in [3.05, 3.63) is 58.1 Å². The summed E-state index contributed by atoms with van der Waals surface area (Å²) in [5.41, 5.74) is 6.08. The fourth-order valence-corrected chi connectivity index (χ4v) is 1.79. The lowest BCUT2D eigenvalue weighted by Gasteiger charge is -2.08. The average Bonchev–Trinajstić information content (AvgIpc) is 2.47. The average molecular weight is 287 g/mol. The van der Waals surface area contributed by atoms with Gasteiger partial charge in [0.1, 0.15) is 11.4 Å². The van der Waals surface area contributed by atoms with Crippen molar-refractivity contribution < 1.29 is 14.5 Å². The van der Waals surface area contributed by atoms with E-state index in [9.17, 15) is 14.9 Å². The van der Waals surface area contributed by atoms with Crippen molar-refractivity contribution in [1.29, 1.82) is 0 Å². The molecule has 7 heteroatoms. The van der Waals surface area contributed by atoms with Crippen LogP contribution in [0.4, 0.5) is 17.1 Å². The number of nitrogens with one attached hydrogen (secondary N) is 1. The summed E-state index contributed by atoms with van der Waals surface area (Å²) in [4.78, 5) is 22.6. The topological polar surface area (TPSA) is 107 Å². The molecule has 2 rings (SSSR count). The number of nitrogens with two attached hydrogens (primary N) is 1. The third kappa shape index (κ3) is 3.08. The van der Waals surface area contributed by atoms with Crippen LogP contribution in [0.5, 0.6) is 5.75 Å². The molecule has 0 heterocycles. The first-order valence-corrected chi connectivity index (χ1v) is 6.01. The highest BCUT2D eigenvalue weighted by molar-refractivity contribution is 6.08. The van der Waals surface area contributed by atoms with Gasteiger partial charge in [-0.2, -0.15) is 0 Å². The number of para-hydroxylation sites is 1. The molecule has 2 aromatic rings. The molecule has 0 aliphatic rings. The van der Waals surface area contributed by atoms with Gasteiger partial charge in [-0.25, -0.2) is 0 Å². The van der Waals surface area contributed by atoms with Crippen LogP contribution < -0.4 is 15.8 Å². The molecule has 0 unspecified atom stereocenters. The monoisotopic (exact) mass is 287 g/mol. The van der Waals surface area contributed by atoms with E-state index in [2.05, 4.69) is 5.32 Å². The maximum atomic E-state index is 12.1. The lowest BCUT2D eigenvalue weighted by molar-refractivity contribution is -0.384. The molecule has 0 aromatic heterocycles. The summed E-state index contributed by atoms with van der Waals surface area (Å²) in [5, 5.41) is 13.5. The molecule has 0 fully saturated rings. The number of carbonyl (C=O) groups is 1. The highest BCUT2D eigenvalue weighted by Gasteiger charge is 2.18. The van der Waals surface area contributed by atoms with Gasteiger partial charge in [-0.1, -0.05) is 12.1 Å². The zero-order chi connectivity index (χ0) is 15.4. The number of amides is 1. The summed E-state index contributed by atoms with van der Waals surface area (Å²) in [5.74, 6) is -0.180. The molecule has 3 N–H and O–H groups in total. The van der Waals surface area contributed by atoms with Crippen LogP contribution in [0.2, 0.25) is 0 Å². The van der Waals surface area contributed by atoms with Crippen molar-refractivity contribution in [2.45, 2.75) is 0 Å². The Morgan fingerprint density at radius 3 is 2.62 bits per heavy atom. The van der Waals surface area contributed by atoms with Gasteiger partial charge in [0.2, 0.25) is 0 Å². The molecule has 0 spiro atoms. The second-order valence-electron chi connectivity index (χ2n) is 4.18. The predicted octanol–water partition coefficient (Wildman–Crippen LogP) is 2.44. The first-order valence-electron chi connectivity index (χ1n) is 6.01. The summed E-state index contributed by atoms with van der Waals surface area (Å²) >= 11 is 0. The fourth-order valence-electron chi connectivity index (χ4n) is 1.79. The van der Waals surface area contributed by atoms with Crippen molar-refractivity contribution in [1.82, 2.24) is 0 Å². The maximum absolute atomic E-state index is 12.1. The van der Waals surface area contributed by atoms with Gasteiger partial charge < -0.3 is 15.8 Å². The maximum Gasteiger partial charge on any atom is 0.296 e. The van der Waals surface area contributed by atoms with Crippen molar-refractivity contribution in [2.24, 2.45) is 0 Å². The largest absolute Gasteiger partial charge is 0.496 e. The quantitative estimate of drug-likeness (QED) is 0.510. The standard InChI is InChI=1S/C14H13N3O4/c1-21-9-6-7-12(13(8-9)17(19)20)16-14(18)10-4-2-3-5-11(10)15/h2-8H,15H2,1H3,(H,16,18). The second kappa shape index (κ2) is 5.91. The number of nitrogens with zero attached hydrogens (tertiary/aromatic N) is 1. The Hall–Kier alpha value is -3.09. The predicted molar refractivity (Wildman–Crippen MR) is 78.5 cm³/mol. The van der Waals surface area contributed by atoms with Gasteiger partial charge in [0, 0.05) is 5.69 Å². The van der Waals surface area contributed by atoms with Gasteiger partial charge in [-0.05, 0) is 24.3 Å². The first-order chi connectivity index (χ1) is 10.0. The molecule has 0 aliphatic heterocycles. The molecule has 0 saturated carbocycles. The SMILES string of the molecule is COc1ccc(NC(=O)c2ccccc2N)c([N+](=O)[O-])c1. The van der Waals surface area contributed by atoms with Crippen LogP contribution in [0.3, 0.4) is 0 Å². The molecule has 0 atom stereocenters. The summed E-state index contributed by atoms with van der Waals surface area (Å²) in [6.07, 6.45) is 0. The zero-order valence-corrected chi connectivity index (χ0v) is 11.2. The molecule has 108 valence electrons. The molecule has 7 nitrogen and oxygen atoms in total. The summed E-state index contributed by atoms with van der Waals surface area (Å²) in [6, 6.07) is 10.7. The number of nitrogen functional groups attached to an aromatic ring is 1. The lowest BCUT2D eigenvalue weighted by atomic mass is 10.1. The first kappa shape index (κ1) is 14.3. The van der Waals surface area contributed by atoms with E-state index in [-0.39, 0.29) is 16.9 Å². The Morgan fingerprint density at radius 2 is 2.00 bits per heavy atom. The minimum Gasteiger partial charge on any atom is -0.496 e. The molecule has 0 saturated heterocycles. The van der Waals surface area contributed by atoms with Gasteiger partial charge in [0.15, 0.2) is 0 Å². The summed E-state index contributed by atoms with van der Waals surface area (Å²) < 4.78 is 4.93. The van der Waals surface area contributed by atoms with Crippen LogP contribution in [0.25, 0.3) is 0 Å². The Morgan fingerprint density at radius 1 is 1.29 bits per heavy atom. The second-order valence-corrected chi connectivity index (χ2v) is 4.18. The van der Waals surface area contributed by atoms with E-state index >= 15 is 0 Å². The van der Waals surface area contributed by atoms with Crippen molar-refractivity contribution in [3.63, 3.8) is 0 Å². The number of hydrogen-bond acceptors (Lipinski definition) is 5. The number of methoxy groups -OCH3 is 1. The number of nitro benzene ring substituents is 1. The lowest BCUT2D eigenvalue weighted by Crippen LogP contribution is -2.14.